The largest absolute Gasteiger partial charge is 0.423 e. The van der Waals surface area contributed by atoms with Crippen molar-refractivity contribution in [2.24, 2.45) is 0 Å². The molecule has 496 valence electrons. The second-order valence-electron chi connectivity index (χ2n) is 26.3. The van der Waals surface area contributed by atoms with Gasteiger partial charge in [-0.2, -0.15) is 0 Å². The van der Waals surface area contributed by atoms with Gasteiger partial charge in [-0.1, -0.05) is 299 Å². The van der Waals surface area contributed by atoms with Gasteiger partial charge in [0.05, 0.1) is 62.2 Å². The fraction of sp³-hybridized carbons (Fsp3) is 0.263. The molecule has 0 radical (unpaired) electrons. The summed E-state index contributed by atoms with van der Waals surface area (Å²) < 4.78 is 26.5. The number of carbonyl (C=O) groups is 8. The predicted octanol–water partition coefficient (Wildman–Crippen LogP) is 19.7. The summed E-state index contributed by atoms with van der Waals surface area (Å²) >= 11 is 7.90. The van der Waals surface area contributed by atoms with E-state index in [9.17, 15) is 38.4 Å². The second-order valence-corrected chi connectivity index (χ2v) is 34.4. The molecule has 9 rings (SSSR count). The Morgan fingerprint density at radius 2 is 0.427 bits per heavy atom. The molecule has 0 aliphatic carbocycles. The van der Waals surface area contributed by atoms with Gasteiger partial charge in [0.15, 0.2) is 23.0 Å². The third-order valence-corrected chi connectivity index (χ3v) is 22.3. The number of benzene rings is 8. The summed E-state index contributed by atoms with van der Waals surface area (Å²) in [6.45, 7) is 24.6. The fourth-order valence-corrected chi connectivity index (χ4v) is 16.3. The van der Waals surface area contributed by atoms with Gasteiger partial charge in [-0.05, 0) is 92.4 Å². The minimum Gasteiger partial charge on any atom is -0.423 e. The number of thioether (sulfide) groups is 4. The average Bonchev–Trinajstić information content (AvgIpc) is 0.767. The van der Waals surface area contributed by atoms with Crippen LogP contribution in [0.3, 0.4) is 0 Å². The highest BCUT2D eigenvalue weighted by molar-refractivity contribution is 8.15. The van der Waals surface area contributed by atoms with Gasteiger partial charge in [0.2, 0.25) is 20.5 Å². The molecule has 12 nitrogen and oxygen atoms in total. The highest BCUT2D eigenvalue weighted by atomic mass is 32.2. The lowest BCUT2D eigenvalue weighted by molar-refractivity contribution is -0.132. The molecule has 0 amide bonds. The van der Waals surface area contributed by atoms with Crippen LogP contribution in [0.25, 0.3) is 0 Å². The molecule has 0 aromatic heterocycles. The molecule has 8 aromatic carbocycles. The molecule has 0 unspecified atom stereocenters. The molecule has 1 aliphatic heterocycles. The smallest absolute Gasteiger partial charge is 0.321 e. The number of esters is 4. The molecule has 8 bridgehead atoms. The number of fused-ring (bicyclic) bond motifs is 8. The molecule has 96 heavy (non-hydrogen) atoms. The number of ether oxygens (including phenoxy) is 4. The first-order valence-electron chi connectivity index (χ1n) is 30.5. The van der Waals surface area contributed by atoms with Crippen molar-refractivity contribution in [1.82, 2.24) is 0 Å². The summed E-state index contributed by atoms with van der Waals surface area (Å²) in [6, 6.07) is 49.9. The highest BCUT2D eigenvalue weighted by Crippen LogP contribution is 2.57. The second kappa shape index (κ2) is 31.8. The van der Waals surface area contributed by atoms with Crippen molar-refractivity contribution >= 4 is 138 Å². The van der Waals surface area contributed by atoms with Crippen LogP contribution in [0.15, 0.2) is 209 Å². The Balaban J connectivity index is 1.32. The van der Waals surface area contributed by atoms with Crippen LogP contribution in [0, 0.1) is 0 Å². The molecule has 0 saturated heterocycles. The zero-order valence-corrected chi connectivity index (χ0v) is 61.7. The lowest BCUT2D eigenvalue weighted by Gasteiger charge is -2.28. The first-order chi connectivity index (χ1) is 45.4. The predicted molar refractivity (Wildman–Crippen MR) is 393 cm³/mol. The average molecular weight is 1430 g/mol. The first-order valence-corrected chi connectivity index (χ1v) is 37.8. The van der Waals surface area contributed by atoms with E-state index in [1.807, 2.05) is 132 Å². The minimum absolute atomic E-state index is 0.0917. The summed E-state index contributed by atoms with van der Waals surface area (Å²) in [5.74, 6) is -4.14. The highest BCUT2D eigenvalue weighted by Gasteiger charge is 2.33. The van der Waals surface area contributed by atoms with Crippen LogP contribution in [-0.2, 0) is 40.8 Å². The van der Waals surface area contributed by atoms with Gasteiger partial charge in [-0.15, -0.1) is 0 Å². The van der Waals surface area contributed by atoms with Crippen molar-refractivity contribution in [1.29, 1.82) is 0 Å². The lowest BCUT2D eigenvalue weighted by atomic mass is 9.87. The maximum atomic E-state index is 14.7. The zero-order chi connectivity index (χ0) is 69.3. The van der Waals surface area contributed by atoms with E-state index in [4.69, 9.17) is 18.9 Å². The lowest BCUT2D eigenvalue weighted by Crippen LogP contribution is -2.17. The maximum Gasteiger partial charge on any atom is 0.321 e. The Morgan fingerprint density at radius 3 is 0.573 bits per heavy atom. The molecule has 0 saturated carbocycles. The number of rotatable bonds is 16. The van der Waals surface area contributed by atoms with Gasteiger partial charge in [0.1, 0.15) is 0 Å². The monoisotopic (exact) mass is 1430 g/mol. The summed E-state index contributed by atoms with van der Waals surface area (Å²) in [5.41, 5.74) is 2.53. The molecule has 8 aromatic rings. The van der Waals surface area contributed by atoms with Gasteiger partial charge in [0, 0.05) is 22.3 Å². The van der Waals surface area contributed by atoms with Gasteiger partial charge in [0.25, 0.3) is 0 Å². The normalized spacial score (nSPS) is 12.5. The maximum absolute atomic E-state index is 14.7. The van der Waals surface area contributed by atoms with E-state index in [-0.39, 0.29) is 66.5 Å². The minimum atomic E-state index is -0.748. The SMILES string of the molecule is CC(C)(C)c1cc2c(OC(=O)CSC(=O)c3ccccc3)c(c1)Sc1cc(C(C)(C)C)cc(c1OC(=O)CSC(=O)c1ccccc1)Sc1cc(C(C)(C)C)cc(c1OC(=O)CSC(=O)c1ccccc1)Sc1cc(C(C)(C)C)cc(c1OC(=O)CSC(=O)c1ccccc1)S2. The fourth-order valence-electron chi connectivity index (χ4n) is 9.22. The molecule has 0 fully saturated rings. The molecule has 1 heterocycles. The van der Waals surface area contributed by atoms with Crippen LogP contribution >= 0.6 is 94.1 Å². The van der Waals surface area contributed by atoms with Crippen molar-refractivity contribution in [2.45, 2.75) is 144 Å². The Morgan fingerprint density at radius 1 is 0.271 bits per heavy atom. The summed E-state index contributed by atoms with van der Waals surface area (Å²) in [5, 5.41) is -1.36. The van der Waals surface area contributed by atoms with Gasteiger partial charge < -0.3 is 18.9 Å². The Bertz CT molecular complexity index is 3620. The van der Waals surface area contributed by atoms with E-state index in [0.717, 1.165) is 69.3 Å². The van der Waals surface area contributed by atoms with Crippen molar-refractivity contribution in [3.05, 3.63) is 214 Å². The van der Waals surface area contributed by atoms with Crippen molar-refractivity contribution in [3.8, 4) is 23.0 Å². The quantitative estimate of drug-likeness (QED) is 0.0659. The van der Waals surface area contributed by atoms with Crippen LogP contribution in [-0.4, -0.2) is 67.3 Å². The third kappa shape index (κ3) is 19.7. The van der Waals surface area contributed by atoms with Gasteiger partial charge in [-0.3, -0.25) is 38.4 Å². The number of carbonyl (C=O) groups excluding carboxylic acids is 8. The van der Waals surface area contributed by atoms with Crippen LogP contribution < -0.4 is 18.9 Å². The Hall–Kier alpha value is -6.88. The zero-order valence-electron chi connectivity index (χ0n) is 55.2. The summed E-state index contributed by atoms with van der Waals surface area (Å²) in [6.07, 6.45) is 0. The number of hydrogen-bond acceptors (Lipinski definition) is 20. The molecule has 0 spiro atoms. The Labute approximate surface area is 595 Å². The van der Waals surface area contributed by atoms with Crippen molar-refractivity contribution in [3.63, 3.8) is 0 Å². The van der Waals surface area contributed by atoms with Crippen LogP contribution in [0.5, 0.6) is 23.0 Å². The Kier molecular flexibility index (Phi) is 24.3. The van der Waals surface area contributed by atoms with E-state index in [0.29, 0.717) is 61.4 Å². The van der Waals surface area contributed by atoms with Crippen LogP contribution in [0.1, 0.15) is 147 Å². The van der Waals surface area contributed by atoms with E-state index in [2.05, 4.69) is 0 Å². The molecule has 1 aliphatic rings. The number of hydrogen-bond donors (Lipinski definition) is 0. The summed E-state index contributed by atoms with van der Waals surface area (Å²) in [7, 11) is 0. The third-order valence-electron chi connectivity index (χ3n) is 14.6. The van der Waals surface area contributed by atoms with E-state index in [1.54, 1.807) is 121 Å². The van der Waals surface area contributed by atoms with Crippen LogP contribution in [0.2, 0.25) is 0 Å². The van der Waals surface area contributed by atoms with Gasteiger partial charge in [-0.25, -0.2) is 0 Å². The molecule has 0 N–H and O–H groups in total. The van der Waals surface area contributed by atoms with Crippen molar-refractivity contribution < 1.29 is 57.3 Å². The van der Waals surface area contributed by atoms with Crippen LogP contribution in [0.4, 0.5) is 0 Å². The molecule has 20 heteroatoms. The van der Waals surface area contributed by atoms with Gasteiger partial charge >= 0.3 is 23.9 Å². The topological polar surface area (TPSA) is 173 Å². The van der Waals surface area contributed by atoms with Crippen molar-refractivity contribution in [2.75, 3.05) is 23.0 Å². The standard InChI is InChI=1S/C76H72O12S8/c1-73(2,3)49-33-53-65(85-61(77)41-89-69(81)45-25-17-13-18-26-45)54(34-49)94-56-36-51(75(7,8)9)38-58(67(56)87-63(79)43-91-71(83)47-29-21-15-22-30-47)96-60-40-52(76(10,11)12)39-59(68(60)88-64(80)44-92-72(84)48-31-23-16-24-32-48)95-57-37-50(74(4,5)6)35-55(93-53)66(57)86-62(78)42-90-70(82)46-27-19-14-20-28-46/h13-40H,41-44H2,1-12H3. The van der Waals surface area contributed by atoms with E-state index >= 15 is 0 Å². The summed E-state index contributed by atoms with van der Waals surface area (Å²) in [4.78, 5) is 116. The molecular formula is C76H72O12S8. The van der Waals surface area contributed by atoms with E-state index < -0.39 is 45.5 Å². The molecule has 0 atom stereocenters. The molecular weight excluding hydrogens is 1360 g/mol. The first kappa shape index (κ1) is 73.4. The van der Waals surface area contributed by atoms with E-state index in [1.165, 1.54) is 47.0 Å².